The Morgan fingerprint density at radius 1 is 1.13 bits per heavy atom. The maximum absolute atomic E-state index is 12.4. The van der Waals surface area contributed by atoms with Gasteiger partial charge in [-0.1, -0.05) is 0 Å². The highest BCUT2D eigenvalue weighted by molar-refractivity contribution is 5.73. The average Bonchev–Trinajstić information content (AvgIpc) is 2.68. The van der Waals surface area contributed by atoms with Crippen molar-refractivity contribution in [2.75, 3.05) is 19.6 Å². The Balaban J connectivity index is 0.000000318. The average molecular weight is 429 g/mol. The van der Waals surface area contributed by atoms with E-state index < -0.39 is 12.1 Å². The van der Waals surface area contributed by atoms with Crippen molar-refractivity contribution in [1.82, 2.24) is 19.0 Å². The largest absolute Gasteiger partial charge is 0.490 e. The maximum atomic E-state index is 12.4. The Hall–Kier alpha value is -2.73. The molecule has 2 aromatic rings. The highest BCUT2D eigenvalue weighted by Gasteiger charge is 2.38. The minimum absolute atomic E-state index is 0.0685. The van der Waals surface area contributed by atoms with Gasteiger partial charge in [0, 0.05) is 25.2 Å². The molecule has 30 heavy (non-hydrogen) atoms. The third-order valence-corrected chi connectivity index (χ3v) is 5.31. The van der Waals surface area contributed by atoms with Crippen LogP contribution in [0.2, 0.25) is 0 Å². The van der Waals surface area contributed by atoms with E-state index in [9.17, 15) is 22.8 Å². The molecule has 2 aliphatic heterocycles. The van der Waals surface area contributed by atoms with Crippen molar-refractivity contribution in [1.29, 1.82) is 0 Å². The number of carboxylic acids is 1. The molecule has 9 nitrogen and oxygen atoms in total. The zero-order chi connectivity index (χ0) is 22.1. The van der Waals surface area contributed by atoms with Crippen molar-refractivity contribution in [3.05, 3.63) is 39.0 Å². The summed E-state index contributed by atoms with van der Waals surface area (Å²) in [4.78, 5) is 40.0. The molecule has 0 saturated carbocycles. The first-order chi connectivity index (χ1) is 14.1. The minimum atomic E-state index is -5.08. The molecule has 2 aliphatic rings. The number of hydrogen-bond donors (Lipinski definition) is 2. The van der Waals surface area contributed by atoms with E-state index in [0.29, 0.717) is 23.8 Å². The fraction of sp³-hybridized carbons (Fsp3) is 0.556. The third-order valence-electron chi connectivity index (χ3n) is 5.31. The van der Waals surface area contributed by atoms with Crippen LogP contribution in [0.15, 0.2) is 27.9 Å². The number of carboxylic acid groups (broad SMARTS) is 1. The lowest BCUT2D eigenvalue weighted by Crippen LogP contribution is -2.45. The molecule has 12 heteroatoms. The number of piperidine rings is 1. The van der Waals surface area contributed by atoms with E-state index in [-0.39, 0.29) is 17.2 Å². The van der Waals surface area contributed by atoms with Crippen molar-refractivity contribution in [3.63, 3.8) is 0 Å². The molecule has 0 spiro atoms. The van der Waals surface area contributed by atoms with Crippen molar-refractivity contribution in [3.8, 4) is 0 Å². The van der Waals surface area contributed by atoms with Gasteiger partial charge in [0.15, 0.2) is 0 Å². The van der Waals surface area contributed by atoms with Crippen molar-refractivity contribution >= 4 is 17.1 Å². The number of alkyl halides is 3. The fourth-order valence-electron chi connectivity index (χ4n) is 3.79. The van der Waals surface area contributed by atoms with Gasteiger partial charge in [0.25, 0.3) is 11.1 Å². The number of aromatic nitrogens is 3. The first-order valence-electron chi connectivity index (χ1n) is 9.47. The minimum Gasteiger partial charge on any atom is -0.475 e. The van der Waals surface area contributed by atoms with E-state index in [0.717, 1.165) is 38.9 Å². The van der Waals surface area contributed by atoms with E-state index in [2.05, 4.69) is 9.88 Å². The fourth-order valence-corrected chi connectivity index (χ4v) is 3.79. The summed E-state index contributed by atoms with van der Waals surface area (Å²) in [6.45, 7) is 3.42. The summed E-state index contributed by atoms with van der Waals surface area (Å²) < 4.78 is 35.2. The number of halogens is 3. The topological polar surface area (TPSA) is 123 Å². The molecule has 1 atom stereocenters. The molecule has 4 rings (SSSR count). The normalized spacial score (nSPS) is 19.9. The van der Waals surface area contributed by atoms with Gasteiger partial charge >= 0.3 is 12.1 Å². The number of hydrogen-bond acceptors (Lipinski definition) is 6. The predicted octanol–water partition coefficient (Wildman–Crippen LogP) is 0.559. The van der Waals surface area contributed by atoms with Crippen LogP contribution in [0.5, 0.6) is 0 Å². The summed E-state index contributed by atoms with van der Waals surface area (Å²) in [5.74, 6) is -2.76. The number of nitrogens with zero attached hydrogens (tertiary/aromatic N) is 4. The van der Waals surface area contributed by atoms with Crippen LogP contribution in [0.4, 0.5) is 13.2 Å². The molecule has 0 radical (unpaired) electrons. The second-order valence-corrected chi connectivity index (χ2v) is 7.38. The van der Waals surface area contributed by atoms with Crippen molar-refractivity contribution < 1.29 is 23.1 Å². The second kappa shape index (κ2) is 8.56. The summed E-state index contributed by atoms with van der Waals surface area (Å²) >= 11 is 0. The summed E-state index contributed by atoms with van der Waals surface area (Å²) in [6, 6.07) is 3.61. The molecule has 0 aliphatic carbocycles. The second-order valence-electron chi connectivity index (χ2n) is 7.38. The van der Waals surface area contributed by atoms with E-state index in [1.54, 1.807) is 15.2 Å². The van der Waals surface area contributed by atoms with Gasteiger partial charge in [0.2, 0.25) is 0 Å². The van der Waals surface area contributed by atoms with Crippen molar-refractivity contribution in [2.24, 2.45) is 5.73 Å². The number of aliphatic carboxylic acids is 1. The Morgan fingerprint density at radius 2 is 1.77 bits per heavy atom. The summed E-state index contributed by atoms with van der Waals surface area (Å²) in [7, 11) is 0. The highest BCUT2D eigenvalue weighted by atomic mass is 19.4. The predicted molar refractivity (Wildman–Crippen MR) is 101 cm³/mol. The summed E-state index contributed by atoms with van der Waals surface area (Å²) in [5.41, 5.74) is 7.14. The number of likely N-dealkylation sites (tertiary alicyclic amines) is 1. The molecule has 0 amide bonds. The van der Waals surface area contributed by atoms with Crippen LogP contribution in [-0.2, 0) is 11.3 Å². The van der Waals surface area contributed by atoms with Crippen molar-refractivity contribution in [2.45, 2.75) is 44.1 Å². The summed E-state index contributed by atoms with van der Waals surface area (Å²) in [5, 5.41) is 7.12. The number of aryl methyl sites for hydroxylation is 1. The first-order valence-corrected chi connectivity index (χ1v) is 9.47. The number of nitrogens with two attached hydrogens (primary N) is 1. The van der Waals surface area contributed by atoms with Gasteiger partial charge in [-0.05, 0) is 38.4 Å². The lowest BCUT2D eigenvalue weighted by molar-refractivity contribution is -0.192. The Labute approximate surface area is 168 Å². The van der Waals surface area contributed by atoms with Gasteiger partial charge in [0.05, 0.1) is 12.2 Å². The SMILES string of the molecule is NC1CCN(CC2CCn3c(=O)ccc4ncc(=O)n2c43)CC1.O=C(O)C(F)(F)F. The molecule has 1 unspecified atom stereocenters. The van der Waals surface area contributed by atoms with Crippen LogP contribution in [-0.4, -0.2) is 61.9 Å². The van der Waals surface area contributed by atoms with Crippen LogP contribution in [0.25, 0.3) is 11.2 Å². The lowest BCUT2D eigenvalue weighted by atomic mass is 10.0. The molecule has 2 aromatic heterocycles. The van der Waals surface area contributed by atoms with Crippen LogP contribution in [0.3, 0.4) is 0 Å². The lowest BCUT2D eigenvalue weighted by Gasteiger charge is -2.35. The van der Waals surface area contributed by atoms with Crippen LogP contribution in [0.1, 0.15) is 25.3 Å². The molecule has 164 valence electrons. The van der Waals surface area contributed by atoms with E-state index >= 15 is 0 Å². The quantitative estimate of drug-likeness (QED) is 0.715. The zero-order valence-corrected chi connectivity index (χ0v) is 16.0. The molecule has 1 fully saturated rings. The van der Waals surface area contributed by atoms with Crippen LogP contribution >= 0.6 is 0 Å². The van der Waals surface area contributed by atoms with E-state index in [4.69, 9.17) is 15.6 Å². The van der Waals surface area contributed by atoms with E-state index in [1.165, 1.54) is 12.3 Å². The Morgan fingerprint density at radius 3 is 2.37 bits per heavy atom. The number of pyridine rings is 1. The highest BCUT2D eigenvalue weighted by Crippen LogP contribution is 2.24. The zero-order valence-electron chi connectivity index (χ0n) is 16.0. The molecule has 1 saturated heterocycles. The monoisotopic (exact) mass is 429 g/mol. The van der Waals surface area contributed by atoms with Crippen LogP contribution in [0, 0.1) is 0 Å². The summed E-state index contributed by atoms with van der Waals surface area (Å²) in [6.07, 6.45) is -0.924. The first kappa shape index (κ1) is 22.0. The van der Waals surface area contributed by atoms with E-state index in [1.807, 2.05) is 0 Å². The van der Waals surface area contributed by atoms with Gasteiger partial charge in [-0.2, -0.15) is 13.2 Å². The molecule has 0 aromatic carbocycles. The number of rotatable bonds is 2. The van der Waals surface area contributed by atoms with Gasteiger partial charge in [-0.25, -0.2) is 9.78 Å². The van der Waals surface area contributed by atoms with Gasteiger partial charge in [-0.15, -0.1) is 0 Å². The van der Waals surface area contributed by atoms with Gasteiger partial charge in [-0.3, -0.25) is 18.7 Å². The standard InChI is InChI=1S/C16H21N5O2.C2HF3O2/c17-11-3-6-19(7-4-11)10-12-5-8-20-14(22)2-1-13-16(20)21(12)15(23)9-18-13;3-2(4,5)1(6)7/h1-2,9,11-12H,3-8,10,17H2;(H,6,7). The smallest absolute Gasteiger partial charge is 0.475 e. The van der Waals surface area contributed by atoms with Crippen LogP contribution < -0.4 is 16.9 Å². The molecular formula is C18H22F3N5O4. The molecule has 0 bridgehead atoms. The molecule has 3 N–H and O–H groups in total. The third kappa shape index (κ3) is 4.70. The molecular weight excluding hydrogens is 407 g/mol. The Bertz CT molecular complexity index is 1040. The maximum Gasteiger partial charge on any atom is 0.490 e. The Kier molecular flexibility index (Phi) is 6.27. The number of carbonyl (C=O) groups is 1. The van der Waals surface area contributed by atoms with Gasteiger partial charge in [0.1, 0.15) is 11.2 Å². The van der Waals surface area contributed by atoms with Gasteiger partial charge < -0.3 is 15.7 Å². The molecule has 4 heterocycles.